The molecule has 150 valence electrons. The minimum Gasteiger partial charge on any atom is -0.497 e. The summed E-state index contributed by atoms with van der Waals surface area (Å²) in [6, 6.07) is 24.0. The standard InChI is InChI=1S/C25H22N2O2S/c1-17-10-12-21(13-11-17)26-25-27(2)24(28)23(30-25)15-18-6-4-7-19(14-18)20-8-5-9-22(16-20)29-3/h4-16H,1-3H3. The molecule has 3 aromatic rings. The van der Waals surface area contributed by atoms with E-state index in [-0.39, 0.29) is 5.91 Å². The summed E-state index contributed by atoms with van der Waals surface area (Å²) in [5.41, 5.74) is 5.12. The van der Waals surface area contributed by atoms with Gasteiger partial charge in [-0.15, -0.1) is 0 Å². The van der Waals surface area contributed by atoms with Gasteiger partial charge in [0.05, 0.1) is 17.7 Å². The topological polar surface area (TPSA) is 41.9 Å². The minimum absolute atomic E-state index is 0.0438. The van der Waals surface area contributed by atoms with Crippen molar-refractivity contribution in [1.29, 1.82) is 0 Å². The molecule has 3 aromatic carbocycles. The number of thioether (sulfide) groups is 1. The van der Waals surface area contributed by atoms with Gasteiger partial charge in [-0.25, -0.2) is 4.99 Å². The van der Waals surface area contributed by atoms with E-state index in [4.69, 9.17) is 4.74 Å². The third-order valence-corrected chi connectivity index (χ3v) is 5.91. The average Bonchev–Trinajstić information content (AvgIpc) is 3.03. The Bertz CT molecular complexity index is 1150. The van der Waals surface area contributed by atoms with E-state index < -0.39 is 0 Å². The van der Waals surface area contributed by atoms with Crippen LogP contribution in [-0.2, 0) is 4.79 Å². The Hall–Kier alpha value is -3.31. The number of hydrogen-bond acceptors (Lipinski definition) is 4. The molecule has 0 atom stereocenters. The molecule has 0 aromatic heterocycles. The quantitative estimate of drug-likeness (QED) is 0.499. The third kappa shape index (κ3) is 4.31. The summed E-state index contributed by atoms with van der Waals surface area (Å²) in [5.74, 6) is 0.772. The van der Waals surface area contributed by atoms with Crippen LogP contribution in [0.5, 0.6) is 5.75 Å². The highest BCUT2D eigenvalue weighted by molar-refractivity contribution is 8.18. The number of aryl methyl sites for hydroxylation is 1. The van der Waals surface area contributed by atoms with Gasteiger partial charge in [0.25, 0.3) is 5.91 Å². The molecular formula is C25H22N2O2S. The molecule has 1 amide bonds. The van der Waals surface area contributed by atoms with Gasteiger partial charge in [-0.05, 0) is 71.8 Å². The largest absolute Gasteiger partial charge is 0.497 e. The second kappa shape index (κ2) is 8.59. The minimum atomic E-state index is -0.0438. The summed E-state index contributed by atoms with van der Waals surface area (Å²) >= 11 is 1.40. The van der Waals surface area contributed by atoms with E-state index in [1.165, 1.54) is 17.3 Å². The molecule has 30 heavy (non-hydrogen) atoms. The second-order valence-electron chi connectivity index (χ2n) is 7.06. The number of nitrogens with zero attached hydrogens (tertiary/aromatic N) is 2. The van der Waals surface area contributed by atoms with Crippen LogP contribution in [0.2, 0.25) is 0 Å². The smallest absolute Gasteiger partial charge is 0.266 e. The van der Waals surface area contributed by atoms with E-state index in [0.29, 0.717) is 10.1 Å². The molecule has 5 heteroatoms. The zero-order chi connectivity index (χ0) is 21.1. The molecule has 1 heterocycles. The highest BCUT2D eigenvalue weighted by Crippen LogP contribution is 2.34. The van der Waals surface area contributed by atoms with E-state index in [1.807, 2.05) is 73.7 Å². The van der Waals surface area contributed by atoms with Gasteiger partial charge in [-0.3, -0.25) is 9.69 Å². The van der Waals surface area contributed by atoms with Crippen LogP contribution in [-0.4, -0.2) is 30.1 Å². The lowest BCUT2D eigenvalue weighted by molar-refractivity contribution is -0.121. The van der Waals surface area contributed by atoms with Crippen LogP contribution in [0.3, 0.4) is 0 Å². The van der Waals surface area contributed by atoms with Gasteiger partial charge in [-0.1, -0.05) is 48.0 Å². The highest BCUT2D eigenvalue weighted by Gasteiger charge is 2.30. The lowest BCUT2D eigenvalue weighted by Gasteiger charge is -2.07. The highest BCUT2D eigenvalue weighted by atomic mass is 32.2. The molecule has 1 fully saturated rings. The number of carbonyl (C=O) groups is 1. The Kier molecular flexibility index (Phi) is 5.72. The number of ether oxygens (including phenoxy) is 1. The lowest BCUT2D eigenvalue weighted by atomic mass is 10.0. The van der Waals surface area contributed by atoms with Gasteiger partial charge in [0.2, 0.25) is 0 Å². The molecule has 1 aliphatic heterocycles. The van der Waals surface area contributed by atoms with Gasteiger partial charge in [0.15, 0.2) is 5.17 Å². The molecule has 0 aliphatic carbocycles. The van der Waals surface area contributed by atoms with Crippen LogP contribution in [0.15, 0.2) is 82.7 Å². The average molecular weight is 415 g/mol. The molecular weight excluding hydrogens is 392 g/mol. The van der Waals surface area contributed by atoms with Gasteiger partial charge >= 0.3 is 0 Å². The van der Waals surface area contributed by atoms with E-state index in [1.54, 1.807) is 19.1 Å². The first-order valence-electron chi connectivity index (χ1n) is 9.61. The zero-order valence-electron chi connectivity index (χ0n) is 17.1. The first kappa shape index (κ1) is 20.0. The maximum Gasteiger partial charge on any atom is 0.266 e. The Morgan fingerprint density at radius 1 is 0.967 bits per heavy atom. The number of benzene rings is 3. The fourth-order valence-corrected chi connectivity index (χ4v) is 4.13. The van der Waals surface area contributed by atoms with Crippen LogP contribution >= 0.6 is 11.8 Å². The van der Waals surface area contributed by atoms with Crippen molar-refractivity contribution >= 4 is 34.6 Å². The normalized spacial score (nSPS) is 16.5. The zero-order valence-corrected chi connectivity index (χ0v) is 17.9. The number of likely N-dealkylation sites (N-methyl/N-ethyl adjacent to an activating group) is 1. The number of rotatable bonds is 4. The molecule has 0 saturated carbocycles. The molecule has 4 nitrogen and oxygen atoms in total. The Balaban J connectivity index is 1.61. The number of amidine groups is 1. The first-order valence-corrected chi connectivity index (χ1v) is 10.4. The van der Waals surface area contributed by atoms with Crippen molar-refractivity contribution in [1.82, 2.24) is 4.90 Å². The van der Waals surface area contributed by atoms with Crippen molar-refractivity contribution in [3.63, 3.8) is 0 Å². The molecule has 0 unspecified atom stereocenters. The van der Waals surface area contributed by atoms with Crippen molar-refractivity contribution in [2.45, 2.75) is 6.92 Å². The predicted octanol–water partition coefficient (Wildman–Crippen LogP) is 5.90. The summed E-state index contributed by atoms with van der Waals surface area (Å²) in [5, 5.41) is 0.680. The molecule has 0 radical (unpaired) electrons. The monoisotopic (exact) mass is 414 g/mol. The maximum absolute atomic E-state index is 12.7. The van der Waals surface area contributed by atoms with Crippen molar-refractivity contribution in [3.05, 3.63) is 88.8 Å². The van der Waals surface area contributed by atoms with E-state index >= 15 is 0 Å². The van der Waals surface area contributed by atoms with E-state index in [2.05, 4.69) is 17.1 Å². The summed E-state index contributed by atoms with van der Waals surface area (Å²) < 4.78 is 5.33. The van der Waals surface area contributed by atoms with Crippen molar-refractivity contribution in [3.8, 4) is 16.9 Å². The van der Waals surface area contributed by atoms with E-state index in [9.17, 15) is 4.79 Å². The van der Waals surface area contributed by atoms with Crippen LogP contribution < -0.4 is 4.74 Å². The Morgan fingerprint density at radius 2 is 1.67 bits per heavy atom. The Morgan fingerprint density at radius 3 is 2.40 bits per heavy atom. The molecule has 1 aliphatic rings. The summed E-state index contributed by atoms with van der Waals surface area (Å²) in [4.78, 5) is 19.6. The number of hydrogen-bond donors (Lipinski definition) is 0. The van der Waals surface area contributed by atoms with Crippen LogP contribution in [0, 0.1) is 6.92 Å². The van der Waals surface area contributed by atoms with Crippen molar-refractivity contribution in [2.75, 3.05) is 14.2 Å². The second-order valence-corrected chi connectivity index (χ2v) is 8.07. The van der Waals surface area contributed by atoms with Gasteiger partial charge < -0.3 is 4.74 Å². The van der Waals surface area contributed by atoms with Gasteiger partial charge in [0, 0.05) is 7.05 Å². The number of amides is 1. The summed E-state index contributed by atoms with van der Waals surface area (Å²) in [6.07, 6.45) is 1.92. The van der Waals surface area contributed by atoms with Crippen LogP contribution in [0.25, 0.3) is 17.2 Å². The van der Waals surface area contributed by atoms with Gasteiger partial charge in [-0.2, -0.15) is 0 Å². The first-order chi connectivity index (χ1) is 14.5. The van der Waals surface area contributed by atoms with Gasteiger partial charge in [0.1, 0.15) is 5.75 Å². The number of methoxy groups -OCH3 is 1. The summed E-state index contributed by atoms with van der Waals surface area (Å²) in [6.45, 7) is 2.04. The number of carbonyl (C=O) groups excluding carboxylic acids is 1. The molecule has 4 rings (SSSR count). The number of aliphatic imine (C=N–C) groups is 1. The fraction of sp³-hybridized carbons (Fsp3) is 0.120. The lowest BCUT2D eigenvalue weighted by Crippen LogP contribution is -2.23. The van der Waals surface area contributed by atoms with Crippen molar-refractivity contribution < 1.29 is 9.53 Å². The predicted molar refractivity (Wildman–Crippen MR) is 125 cm³/mol. The molecule has 1 saturated heterocycles. The molecule has 0 spiro atoms. The van der Waals surface area contributed by atoms with E-state index in [0.717, 1.165) is 28.1 Å². The maximum atomic E-state index is 12.7. The van der Waals surface area contributed by atoms with Crippen LogP contribution in [0.4, 0.5) is 5.69 Å². The molecule has 0 bridgehead atoms. The molecule has 0 N–H and O–H groups in total. The third-order valence-electron chi connectivity index (χ3n) is 4.85. The Labute approximate surface area is 180 Å². The SMILES string of the molecule is COc1cccc(-c2cccc(C=C3SC(=Nc4ccc(C)cc4)N(C)C3=O)c2)c1. The fourth-order valence-electron chi connectivity index (χ4n) is 3.14. The summed E-state index contributed by atoms with van der Waals surface area (Å²) in [7, 11) is 3.42. The van der Waals surface area contributed by atoms with Crippen LogP contribution in [0.1, 0.15) is 11.1 Å². The van der Waals surface area contributed by atoms with Crippen molar-refractivity contribution in [2.24, 2.45) is 4.99 Å².